The van der Waals surface area contributed by atoms with E-state index in [1.54, 1.807) is 19.2 Å². The molecule has 2 rings (SSSR count). The van der Waals surface area contributed by atoms with Crippen LogP contribution < -0.4 is 4.74 Å². The lowest BCUT2D eigenvalue weighted by atomic mass is 10.1. The largest absolute Gasteiger partial charge is 0.504 e. The monoisotopic (exact) mass is 290 g/mol. The minimum absolute atomic E-state index is 0.0398. The molecule has 21 heavy (non-hydrogen) atoms. The molecule has 0 aliphatic carbocycles. The summed E-state index contributed by atoms with van der Waals surface area (Å²) in [5.74, 6) is -0.512. The minimum atomic E-state index is -0.627. The lowest BCUT2D eigenvalue weighted by Gasteiger charge is -2.17. The summed E-state index contributed by atoms with van der Waals surface area (Å²) >= 11 is 0. The van der Waals surface area contributed by atoms with Crippen LogP contribution in [-0.2, 0) is 6.54 Å². The van der Waals surface area contributed by atoms with E-state index in [1.165, 1.54) is 30.3 Å². The average molecular weight is 290 g/mol. The maximum Gasteiger partial charge on any atom is 0.255 e. The van der Waals surface area contributed by atoms with E-state index < -0.39 is 5.95 Å². The standard InChI is InChI=1S/C15H15FN2O3/c1-18(15(20)11-4-6-14(16)17-8-11)9-10-3-5-12(19)13(7-10)21-2/h3-8,19H,9H2,1-2H3. The van der Waals surface area contributed by atoms with Crippen molar-refractivity contribution in [3.63, 3.8) is 0 Å². The van der Waals surface area contributed by atoms with Crippen LogP contribution in [0.3, 0.4) is 0 Å². The Bertz CT molecular complexity index is 644. The summed E-state index contributed by atoms with van der Waals surface area (Å²) < 4.78 is 17.8. The zero-order valence-corrected chi connectivity index (χ0v) is 11.7. The number of nitrogens with zero attached hydrogens (tertiary/aromatic N) is 2. The number of pyridine rings is 1. The number of aromatic nitrogens is 1. The third-order valence-electron chi connectivity index (χ3n) is 2.98. The number of carbonyl (C=O) groups excluding carboxylic acids is 1. The lowest BCUT2D eigenvalue weighted by Crippen LogP contribution is -2.26. The number of aromatic hydroxyl groups is 1. The molecule has 0 bridgehead atoms. The second-order valence-corrected chi connectivity index (χ2v) is 4.54. The molecule has 110 valence electrons. The molecule has 1 heterocycles. The Balaban J connectivity index is 2.12. The predicted octanol–water partition coefficient (Wildman–Crippen LogP) is 2.21. The zero-order chi connectivity index (χ0) is 15.4. The Labute approximate surface area is 121 Å². The van der Waals surface area contributed by atoms with Crippen LogP contribution in [-0.4, -0.2) is 35.1 Å². The van der Waals surface area contributed by atoms with Crippen molar-refractivity contribution in [2.75, 3.05) is 14.2 Å². The van der Waals surface area contributed by atoms with Gasteiger partial charge in [0.25, 0.3) is 5.91 Å². The van der Waals surface area contributed by atoms with Gasteiger partial charge < -0.3 is 14.7 Å². The zero-order valence-electron chi connectivity index (χ0n) is 11.7. The normalized spacial score (nSPS) is 10.2. The summed E-state index contributed by atoms with van der Waals surface area (Å²) in [6, 6.07) is 7.39. The first-order valence-electron chi connectivity index (χ1n) is 6.24. The van der Waals surface area contributed by atoms with Crippen LogP contribution in [0.2, 0.25) is 0 Å². The topological polar surface area (TPSA) is 62.7 Å². The fourth-order valence-corrected chi connectivity index (χ4v) is 1.89. The molecule has 0 aliphatic heterocycles. The summed E-state index contributed by atoms with van der Waals surface area (Å²) in [5.41, 5.74) is 1.11. The fraction of sp³-hybridized carbons (Fsp3) is 0.200. The van der Waals surface area contributed by atoms with Gasteiger partial charge in [0.2, 0.25) is 5.95 Å². The molecule has 0 aliphatic rings. The van der Waals surface area contributed by atoms with E-state index in [0.29, 0.717) is 17.9 Å². The van der Waals surface area contributed by atoms with Gasteiger partial charge in [0, 0.05) is 19.8 Å². The van der Waals surface area contributed by atoms with Crippen molar-refractivity contribution in [1.29, 1.82) is 0 Å². The number of phenols is 1. The van der Waals surface area contributed by atoms with Crippen molar-refractivity contribution < 1.29 is 19.0 Å². The molecule has 0 unspecified atom stereocenters. The fourth-order valence-electron chi connectivity index (χ4n) is 1.89. The van der Waals surface area contributed by atoms with Gasteiger partial charge in [-0.2, -0.15) is 4.39 Å². The molecule has 1 amide bonds. The number of halogens is 1. The smallest absolute Gasteiger partial charge is 0.255 e. The van der Waals surface area contributed by atoms with E-state index in [4.69, 9.17) is 4.74 Å². The molecule has 1 aromatic heterocycles. The lowest BCUT2D eigenvalue weighted by molar-refractivity contribution is 0.0784. The van der Waals surface area contributed by atoms with Gasteiger partial charge in [0.15, 0.2) is 11.5 Å². The molecule has 6 heteroatoms. The number of benzene rings is 1. The highest BCUT2D eigenvalue weighted by molar-refractivity contribution is 5.93. The van der Waals surface area contributed by atoms with Gasteiger partial charge >= 0.3 is 0 Å². The highest BCUT2D eigenvalue weighted by Crippen LogP contribution is 2.26. The number of hydrogen-bond acceptors (Lipinski definition) is 4. The minimum Gasteiger partial charge on any atom is -0.504 e. The van der Waals surface area contributed by atoms with Gasteiger partial charge in [-0.1, -0.05) is 6.07 Å². The Morgan fingerprint density at radius 3 is 2.76 bits per heavy atom. The summed E-state index contributed by atoms with van der Waals surface area (Å²) in [6.45, 7) is 0.326. The first-order chi connectivity index (χ1) is 10.0. The number of amides is 1. The molecule has 0 radical (unpaired) electrons. The van der Waals surface area contributed by atoms with Crippen LogP contribution in [0.25, 0.3) is 0 Å². The van der Waals surface area contributed by atoms with E-state index in [1.807, 2.05) is 0 Å². The Kier molecular flexibility index (Phi) is 4.37. The Morgan fingerprint density at radius 1 is 1.38 bits per heavy atom. The molecule has 1 N–H and O–H groups in total. The van der Waals surface area contributed by atoms with Gasteiger partial charge in [-0.05, 0) is 29.8 Å². The van der Waals surface area contributed by atoms with E-state index in [0.717, 1.165) is 11.6 Å². The third-order valence-corrected chi connectivity index (χ3v) is 2.98. The van der Waals surface area contributed by atoms with Crippen molar-refractivity contribution in [3.8, 4) is 11.5 Å². The first kappa shape index (κ1) is 14.8. The molecule has 1 aromatic carbocycles. The summed E-state index contributed by atoms with van der Waals surface area (Å²) in [5, 5.41) is 9.53. The number of ether oxygens (including phenoxy) is 1. The molecule has 0 saturated heterocycles. The molecular weight excluding hydrogens is 275 g/mol. The predicted molar refractivity (Wildman–Crippen MR) is 74.7 cm³/mol. The van der Waals surface area contributed by atoms with Crippen LogP contribution in [0.5, 0.6) is 11.5 Å². The van der Waals surface area contributed by atoms with Gasteiger partial charge in [-0.15, -0.1) is 0 Å². The number of methoxy groups -OCH3 is 1. The van der Waals surface area contributed by atoms with Crippen LogP contribution in [0, 0.1) is 5.95 Å². The van der Waals surface area contributed by atoms with E-state index in [-0.39, 0.29) is 11.7 Å². The highest BCUT2D eigenvalue weighted by atomic mass is 19.1. The maximum atomic E-state index is 12.7. The van der Waals surface area contributed by atoms with Crippen molar-refractivity contribution in [3.05, 3.63) is 53.6 Å². The third kappa shape index (κ3) is 3.47. The average Bonchev–Trinajstić information content (AvgIpc) is 2.49. The van der Waals surface area contributed by atoms with Crippen molar-refractivity contribution in [2.45, 2.75) is 6.54 Å². The number of phenolic OH excluding ortho intramolecular Hbond substituents is 1. The van der Waals surface area contributed by atoms with E-state index in [2.05, 4.69) is 4.98 Å². The van der Waals surface area contributed by atoms with E-state index >= 15 is 0 Å². The molecule has 0 spiro atoms. The van der Waals surface area contributed by atoms with Crippen molar-refractivity contribution >= 4 is 5.91 Å². The second kappa shape index (κ2) is 6.21. The maximum absolute atomic E-state index is 12.7. The van der Waals surface area contributed by atoms with Gasteiger partial charge in [0.05, 0.1) is 12.7 Å². The molecular formula is C15H15FN2O3. The summed E-state index contributed by atoms with van der Waals surface area (Å²) in [6.07, 6.45) is 1.20. The second-order valence-electron chi connectivity index (χ2n) is 4.54. The van der Waals surface area contributed by atoms with Crippen LogP contribution in [0.4, 0.5) is 4.39 Å². The quantitative estimate of drug-likeness (QED) is 0.877. The van der Waals surface area contributed by atoms with Crippen LogP contribution in [0.1, 0.15) is 15.9 Å². The number of carbonyl (C=O) groups is 1. The Hall–Kier alpha value is -2.63. The molecule has 0 atom stereocenters. The van der Waals surface area contributed by atoms with Gasteiger partial charge in [-0.25, -0.2) is 4.98 Å². The SMILES string of the molecule is COc1cc(CN(C)C(=O)c2ccc(F)nc2)ccc1O. The highest BCUT2D eigenvalue weighted by Gasteiger charge is 2.13. The summed E-state index contributed by atoms with van der Waals surface area (Å²) in [4.78, 5) is 17.1. The van der Waals surface area contributed by atoms with Crippen LogP contribution >= 0.6 is 0 Å². The molecule has 0 fully saturated rings. The molecule has 2 aromatic rings. The van der Waals surface area contributed by atoms with Crippen molar-refractivity contribution in [2.24, 2.45) is 0 Å². The van der Waals surface area contributed by atoms with Gasteiger partial charge in [-0.3, -0.25) is 4.79 Å². The Morgan fingerprint density at radius 2 is 2.14 bits per heavy atom. The summed E-state index contributed by atoms with van der Waals surface area (Å²) in [7, 11) is 3.09. The van der Waals surface area contributed by atoms with Crippen molar-refractivity contribution in [1.82, 2.24) is 9.88 Å². The van der Waals surface area contributed by atoms with Gasteiger partial charge in [0.1, 0.15) is 0 Å². The van der Waals surface area contributed by atoms with E-state index in [9.17, 15) is 14.3 Å². The number of rotatable bonds is 4. The first-order valence-corrected chi connectivity index (χ1v) is 6.24. The molecule has 0 saturated carbocycles. The molecule has 5 nitrogen and oxygen atoms in total. The number of hydrogen-bond donors (Lipinski definition) is 1. The van der Waals surface area contributed by atoms with Crippen LogP contribution in [0.15, 0.2) is 36.5 Å².